The standard InChI is InChI=1S/C9H14N2O/c1-7-6-11-12-8(7)2-3-9(10)4-5-9/h6H,2-5,10H2,1H3. The van der Waals surface area contributed by atoms with Gasteiger partial charge in [0.1, 0.15) is 5.76 Å². The highest BCUT2D eigenvalue weighted by Crippen LogP contribution is 2.36. The molecule has 0 atom stereocenters. The lowest BCUT2D eigenvalue weighted by Crippen LogP contribution is -2.22. The molecule has 0 unspecified atom stereocenters. The molecule has 0 aliphatic heterocycles. The summed E-state index contributed by atoms with van der Waals surface area (Å²) in [7, 11) is 0. The van der Waals surface area contributed by atoms with E-state index in [9.17, 15) is 0 Å². The minimum Gasteiger partial charge on any atom is -0.361 e. The molecule has 0 bridgehead atoms. The van der Waals surface area contributed by atoms with Gasteiger partial charge in [0.15, 0.2) is 0 Å². The third-order valence-electron chi connectivity index (χ3n) is 2.59. The topological polar surface area (TPSA) is 52.0 Å². The number of hydrogen-bond donors (Lipinski definition) is 1. The zero-order valence-electron chi connectivity index (χ0n) is 7.34. The first-order valence-corrected chi connectivity index (χ1v) is 4.39. The molecular formula is C9H14N2O. The predicted molar refractivity (Wildman–Crippen MR) is 45.7 cm³/mol. The van der Waals surface area contributed by atoms with Gasteiger partial charge >= 0.3 is 0 Å². The van der Waals surface area contributed by atoms with Gasteiger partial charge in [-0.3, -0.25) is 0 Å². The van der Waals surface area contributed by atoms with Crippen LogP contribution in [0.2, 0.25) is 0 Å². The van der Waals surface area contributed by atoms with Gasteiger partial charge in [0.05, 0.1) is 6.20 Å². The van der Waals surface area contributed by atoms with E-state index in [0.717, 1.165) is 24.2 Å². The highest BCUT2D eigenvalue weighted by atomic mass is 16.5. The summed E-state index contributed by atoms with van der Waals surface area (Å²) in [5.41, 5.74) is 7.21. The fraction of sp³-hybridized carbons (Fsp3) is 0.667. The van der Waals surface area contributed by atoms with Crippen LogP contribution in [-0.4, -0.2) is 10.7 Å². The van der Waals surface area contributed by atoms with E-state index in [0.29, 0.717) is 0 Å². The Hall–Kier alpha value is -0.830. The maximum Gasteiger partial charge on any atom is 0.139 e. The first-order chi connectivity index (χ1) is 5.70. The fourth-order valence-electron chi connectivity index (χ4n) is 1.33. The summed E-state index contributed by atoms with van der Waals surface area (Å²) >= 11 is 0. The van der Waals surface area contributed by atoms with Crippen molar-refractivity contribution in [1.29, 1.82) is 0 Å². The minimum atomic E-state index is 0.124. The molecular weight excluding hydrogens is 152 g/mol. The van der Waals surface area contributed by atoms with Crippen molar-refractivity contribution in [3.8, 4) is 0 Å². The number of aromatic nitrogens is 1. The number of aryl methyl sites for hydroxylation is 2. The smallest absolute Gasteiger partial charge is 0.139 e. The first kappa shape index (κ1) is 7.80. The summed E-state index contributed by atoms with van der Waals surface area (Å²) < 4.78 is 5.08. The monoisotopic (exact) mass is 166 g/mol. The van der Waals surface area contributed by atoms with Crippen molar-refractivity contribution < 1.29 is 4.52 Å². The quantitative estimate of drug-likeness (QED) is 0.738. The van der Waals surface area contributed by atoms with Crippen LogP contribution in [-0.2, 0) is 6.42 Å². The van der Waals surface area contributed by atoms with Crippen molar-refractivity contribution in [2.45, 2.75) is 38.1 Å². The number of nitrogens with two attached hydrogens (primary N) is 1. The highest BCUT2D eigenvalue weighted by Gasteiger charge is 2.37. The predicted octanol–water partition coefficient (Wildman–Crippen LogP) is 1.41. The molecule has 12 heavy (non-hydrogen) atoms. The third kappa shape index (κ3) is 1.50. The van der Waals surface area contributed by atoms with Gasteiger partial charge in [-0.1, -0.05) is 5.16 Å². The Morgan fingerprint density at radius 3 is 2.92 bits per heavy atom. The van der Waals surface area contributed by atoms with Crippen LogP contribution < -0.4 is 5.73 Å². The summed E-state index contributed by atoms with van der Waals surface area (Å²) in [6.45, 7) is 2.02. The van der Waals surface area contributed by atoms with Crippen LogP contribution in [0.5, 0.6) is 0 Å². The normalized spacial score (nSPS) is 19.5. The zero-order chi connectivity index (χ0) is 8.60. The molecule has 1 aliphatic rings. The van der Waals surface area contributed by atoms with E-state index in [2.05, 4.69) is 5.16 Å². The van der Waals surface area contributed by atoms with Crippen LogP contribution in [0.1, 0.15) is 30.6 Å². The zero-order valence-corrected chi connectivity index (χ0v) is 7.34. The Morgan fingerprint density at radius 2 is 2.42 bits per heavy atom. The molecule has 1 heterocycles. The van der Waals surface area contributed by atoms with Gasteiger partial charge in [0.25, 0.3) is 0 Å². The van der Waals surface area contributed by atoms with Gasteiger partial charge in [0, 0.05) is 17.5 Å². The van der Waals surface area contributed by atoms with Crippen molar-refractivity contribution >= 4 is 0 Å². The SMILES string of the molecule is Cc1cnoc1CCC1(N)CC1. The number of rotatable bonds is 3. The molecule has 3 nitrogen and oxygen atoms in total. The summed E-state index contributed by atoms with van der Waals surface area (Å²) in [6, 6.07) is 0. The van der Waals surface area contributed by atoms with Gasteiger partial charge in [0.2, 0.25) is 0 Å². The molecule has 0 radical (unpaired) electrons. The Morgan fingerprint density at radius 1 is 1.67 bits per heavy atom. The van der Waals surface area contributed by atoms with E-state index in [4.69, 9.17) is 10.3 Å². The molecule has 0 aromatic carbocycles. The second kappa shape index (κ2) is 2.59. The molecule has 1 aliphatic carbocycles. The van der Waals surface area contributed by atoms with Crippen molar-refractivity contribution in [1.82, 2.24) is 5.16 Å². The second-order valence-electron chi connectivity index (χ2n) is 3.79. The highest BCUT2D eigenvalue weighted by molar-refractivity contribution is 5.12. The van der Waals surface area contributed by atoms with Crippen LogP contribution >= 0.6 is 0 Å². The second-order valence-corrected chi connectivity index (χ2v) is 3.79. The average molecular weight is 166 g/mol. The Balaban J connectivity index is 1.91. The van der Waals surface area contributed by atoms with Gasteiger partial charge < -0.3 is 10.3 Å². The lowest BCUT2D eigenvalue weighted by Gasteiger charge is -2.05. The molecule has 66 valence electrons. The summed E-state index contributed by atoms with van der Waals surface area (Å²) in [5, 5.41) is 3.73. The summed E-state index contributed by atoms with van der Waals surface area (Å²) in [5.74, 6) is 0.992. The van der Waals surface area contributed by atoms with Crippen LogP contribution in [0.4, 0.5) is 0 Å². The molecule has 0 spiro atoms. The van der Waals surface area contributed by atoms with E-state index in [1.165, 1.54) is 12.8 Å². The van der Waals surface area contributed by atoms with Crippen molar-refractivity contribution in [3.05, 3.63) is 17.5 Å². The van der Waals surface area contributed by atoms with Crippen LogP contribution in [0.15, 0.2) is 10.7 Å². The van der Waals surface area contributed by atoms with Crippen molar-refractivity contribution in [2.24, 2.45) is 5.73 Å². The van der Waals surface area contributed by atoms with E-state index in [1.807, 2.05) is 6.92 Å². The van der Waals surface area contributed by atoms with Crippen LogP contribution in [0.25, 0.3) is 0 Å². The van der Waals surface area contributed by atoms with Crippen molar-refractivity contribution in [2.75, 3.05) is 0 Å². The Kier molecular flexibility index (Phi) is 1.68. The van der Waals surface area contributed by atoms with E-state index < -0.39 is 0 Å². The van der Waals surface area contributed by atoms with E-state index >= 15 is 0 Å². The lowest BCUT2D eigenvalue weighted by atomic mass is 10.1. The van der Waals surface area contributed by atoms with E-state index in [1.54, 1.807) is 6.20 Å². The minimum absolute atomic E-state index is 0.124. The molecule has 0 amide bonds. The Bertz CT molecular complexity index is 276. The molecule has 1 saturated carbocycles. The molecule has 2 N–H and O–H groups in total. The van der Waals surface area contributed by atoms with E-state index in [-0.39, 0.29) is 5.54 Å². The first-order valence-electron chi connectivity index (χ1n) is 4.39. The van der Waals surface area contributed by atoms with Gasteiger partial charge in [-0.25, -0.2) is 0 Å². The molecule has 1 aromatic heterocycles. The van der Waals surface area contributed by atoms with Gasteiger partial charge in [-0.2, -0.15) is 0 Å². The largest absolute Gasteiger partial charge is 0.361 e. The molecule has 1 fully saturated rings. The van der Waals surface area contributed by atoms with Crippen molar-refractivity contribution in [3.63, 3.8) is 0 Å². The number of hydrogen-bond acceptors (Lipinski definition) is 3. The maximum absolute atomic E-state index is 5.95. The molecule has 0 saturated heterocycles. The average Bonchev–Trinajstić information content (AvgIpc) is 2.61. The van der Waals surface area contributed by atoms with Crippen LogP contribution in [0.3, 0.4) is 0 Å². The lowest BCUT2D eigenvalue weighted by molar-refractivity contribution is 0.373. The molecule has 1 aromatic rings. The van der Waals surface area contributed by atoms with Gasteiger partial charge in [-0.15, -0.1) is 0 Å². The molecule has 3 heteroatoms. The Labute approximate surface area is 71.9 Å². The number of nitrogens with zero attached hydrogens (tertiary/aromatic N) is 1. The summed E-state index contributed by atoms with van der Waals surface area (Å²) in [6.07, 6.45) is 6.05. The summed E-state index contributed by atoms with van der Waals surface area (Å²) in [4.78, 5) is 0. The fourth-order valence-corrected chi connectivity index (χ4v) is 1.33. The van der Waals surface area contributed by atoms with Gasteiger partial charge in [-0.05, 0) is 26.2 Å². The third-order valence-corrected chi connectivity index (χ3v) is 2.59. The molecule has 2 rings (SSSR count). The maximum atomic E-state index is 5.95. The van der Waals surface area contributed by atoms with Crippen LogP contribution in [0, 0.1) is 6.92 Å².